The number of nitrogens with one attached hydrogen (secondary N) is 1. The van der Waals surface area contributed by atoms with Crippen LogP contribution in [0.3, 0.4) is 0 Å². The Kier molecular flexibility index (Phi) is 7.24. The molecule has 2 heteroatoms. The number of hydrogen-bond donors (Lipinski definition) is 1. The molecule has 0 aliphatic heterocycles. The maximum absolute atomic E-state index is 3.53. The highest BCUT2D eigenvalue weighted by Crippen LogP contribution is 2.12. The van der Waals surface area contributed by atoms with Gasteiger partial charge in [-0.05, 0) is 30.0 Å². The first kappa shape index (κ1) is 15.7. The van der Waals surface area contributed by atoms with Gasteiger partial charge in [-0.3, -0.25) is 0 Å². The second-order valence-electron chi connectivity index (χ2n) is 4.75. The quantitative estimate of drug-likeness (QED) is 0.785. The van der Waals surface area contributed by atoms with E-state index in [1.807, 2.05) is 0 Å². The van der Waals surface area contributed by atoms with Crippen molar-refractivity contribution in [1.82, 2.24) is 5.32 Å². The molecule has 2 rings (SSSR count). The summed E-state index contributed by atoms with van der Waals surface area (Å²) in [4.78, 5) is 0. The fourth-order valence-corrected chi connectivity index (χ4v) is 2.10. The molecule has 1 N–H and O–H groups in total. The van der Waals surface area contributed by atoms with Gasteiger partial charge in [0, 0.05) is 6.54 Å². The molecule has 0 saturated heterocycles. The summed E-state index contributed by atoms with van der Waals surface area (Å²) in [6.07, 6.45) is 1.10. The van der Waals surface area contributed by atoms with E-state index < -0.39 is 0 Å². The van der Waals surface area contributed by atoms with E-state index in [1.54, 1.807) is 0 Å². The predicted octanol–water partition coefficient (Wildman–Crippen LogP) is 4.04. The minimum Gasteiger partial charge on any atom is -0.316 e. The molecule has 0 saturated carbocycles. The first-order valence-electron chi connectivity index (χ1n) is 6.66. The molecule has 0 amide bonds. The van der Waals surface area contributed by atoms with E-state index >= 15 is 0 Å². The third-order valence-electron chi connectivity index (χ3n) is 3.25. The summed E-state index contributed by atoms with van der Waals surface area (Å²) < 4.78 is 0. The number of benzene rings is 2. The van der Waals surface area contributed by atoms with Crippen molar-refractivity contribution in [2.24, 2.45) is 0 Å². The Balaban J connectivity index is 0.00000180. The van der Waals surface area contributed by atoms with Gasteiger partial charge >= 0.3 is 0 Å². The molecule has 0 aliphatic rings. The zero-order valence-corrected chi connectivity index (χ0v) is 12.2. The highest BCUT2D eigenvalue weighted by Gasteiger charge is 2.03. The predicted molar refractivity (Wildman–Crippen MR) is 85.1 cm³/mol. The van der Waals surface area contributed by atoms with Crippen LogP contribution in [-0.2, 0) is 6.42 Å². The zero-order valence-electron chi connectivity index (χ0n) is 11.4. The molecule has 2 aromatic rings. The Bertz CT molecular complexity index is 441. The Hall–Kier alpha value is -1.31. The summed E-state index contributed by atoms with van der Waals surface area (Å²) >= 11 is 0. The van der Waals surface area contributed by atoms with Crippen molar-refractivity contribution in [3.05, 3.63) is 71.8 Å². The van der Waals surface area contributed by atoms with Crippen molar-refractivity contribution in [3.8, 4) is 0 Å². The van der Waals surface area contributed by atoms with Crippen LogP contribution in [0.1, 0.15) is 24.0 Å². The standard InChI is InChI=1S/C17H21N.ClH/c1-15(17-10-6-3-7-11-17)14-18-13-12-16-8-4-2-5-9-16;/h2-11,15,18H,12-14H2,1H3;1H. The molecule has 1 unspecified atom stereocenters. The molecule has 0 fully saturated rings. The van der Waals surface area contributed by atoms with E-state index in [9.17, 15) is 0 Å². The molecule has 102 valence electrons. The van der Waals surface area contributed by atoms with Crippen LogP contribution in [0, 0.1) is 0 Å². The van der Waals surface area contributed by atoms with Gasteiger partial charge in [-0.25, -0.2) is 0 Å². The summed E-state index contributed by atoms with van der Waals surface area (Å²) in [6.45, 7) is 4.35. The van der Waals surface area contributed by atoms with E-state index in [0.717, 1.165) is 19.5 Å². The van der Waals surface area contributed by atoms with Crippen molar-refractivity contribution in [3.63, 3.8) is 0 Å². The fourth-order valence-electron chi connectivity index (χ4n) is 2.10. The minimum absolute atomic E-state index is 0. The summed E-state index contributed by atoms with van der Waals surface area (Å²) in [5.41, 5.74) is 2.81. The third-order valence-corrected chi connectivity index (χ3v) is 3.25. The topological polar surface area (TPSA) is 12.0 Å². The van der Waals surface area contributed by atoms with Gasteiger partial charge in [0.05, 0.1) is 0 Å². The van der Waals surface area contributed by atoms with Gasteiger partial charge in [0.15, 0.2) is 0 Å². The fraction of sp³-hybridized carbons (Fsp3) is 0.294. The summed E-state index contributed by atoms with van der Waals surface area (Å²) in [5, 5.41) is 3.53. The second kappa shape index (κ2) is 8.73. The van der Waals surface area contributed by atoms with Crippen LogP contribution in [0.2, 0.25) is 0 Å². The Morgan fingerprint density at radius 1 is 0.895 bits per heavy atom. The highest BCUT2D eigenvalue weighted by molar-refractivity contribution is 5.85. The average Bonchev–Trinajstić information content (AvgIpc) is 2.45. The summed E-state index contributed by atoms with van der Waals surface area (Å²) in [5.74, 6) is 0.571. The van der Waals surface area contributed by atoms with E-state index in [0.29, 0.717) is 5.92 Å². The molecule has 1 atom stereocenters. The lowest BCUT2D eigenvalue weighted by Crippen LogP contribution is -2.22. The SMILES string of the molecule is CC(CNCCc1ccccc1)c1ccccc1.Cl. The van der Waals surface area contributed by atoms with Crippen LogP contribution < -0.4 is 5.32 Å². The van der Waals surface area contributed by atoms with Gasteiger partial charge in [0.25, 0.3) is 0 Å². The number of hydrogen-bond acceptors (Lipinski definition) is 1. The van der Waals surface area contributed by atoms with Crippen LogP contribution in [0.25, 0.3) is 0 Å². The van der Waals surface area contributed by atoms with E-state index in [-0.39, 0.29) is 12.4 Å². The Labute approximate surface area is 122 Å². The lowest BCUT2D eigenvalue weighted by Gasteiger charge is -2.13. The molecular formula is C17H22ClN. The van der Waals surface area contributed by atoms with Crippen molar-refractivity contribution in [2.75, 3.05) is 13.1 Å². The highest BCUT2D eigenvalue weighted by atomic mass is 35.5. The average molecular weight is 276 g/mol. The van der Waals surface area contributed by atoms with E-state index in [2.05, 4.69) is 72.9 Å². The summed E-state index contributed by atoms with van der Waals surface area (Å²) in [6, 6.07) is 21.3. The first-order chi connectivity index (χ1) is 8.86. The molecule has 19 heavy (non-hydrogen) atoms. The molecule has 1 nitrogen and oxygen atoms in total. The van der Waals surface area contributed by atoms with Crippen molar-refractivity contribution < 1.29 is 0 Å². The normalized spacial score (nSPS) is 11.6. The molecule has 0 radical (unpaired) electrons. The monoisotopic (exact) mass is 275 g/mol. The van der Waals surface area contributed by atoms with Crippen molar-refractivity contribution in [2.45, 2.75) is 19.3 Å². The van der Waals surface area contributed by atoms with Gasteiger partial charge in [-0.2, -0.15) is 0 Å². The van der Waals surface area contributed by atoms with Crippen LogP contribution in [-0.4, -0.2) is 13.1 Å². The largest absolute Gasteiger partial charge is 0.316 e. The number of halogens is 1. The maximum atomic E-state index is 3.53. The van der Waals surface area contributed by atoms with Gasteiger partial charge in [0.1, 0.15) is 0 Å². The smallest absolute Gasteiger partial charge is 0.00176 e. The molecule has 2 aromatic carbocycles. The van der Waals surface area contributed by atoms with Crippen LogP contribution >= 0.6 is 12.4 Å². The van der Waals surface area contributed by atoms with Crippen molar-refractivity contribution >= 4 is 12.4 Å². The molecule has 0 heterocycles. The van der Waals surface area contributed by atoms with E-state index in [4.69, 9.17) is 0 Å². The minimum atomic E-state index is 0. The maximum Gasteiger partial charge on any atom is 0.00176 e. The molecular weight excluding hydrogens is 254 g/mol. The molecule has 0 bridgehead atoms. The first-order valence-corrected chi connectivity index (χ1v) is 6.66. The van der Waals surface area contributed by atoms with Gasteiger partial charge < -0.3 is 5.32 Å². The second-order valence-corrected chi connectivity index (χ2v) is 4.75. The van der Waals surface area contributed by atoms with Crippen LogP contribution in [0.15, 0.2) is 60.7 Å². The van der Waals surface area contributed by atoms with Gasteiger partial charge in [-0.1, -0.05) is 67.6 Å². The Morgan fingerprint density at radius 2 is 1.47 bits per heavy atom. The van der Waals surface area contributed by atoms with Gasteiger partial charge in [-0.15, -0.1) is 12.4 Å². The van der Waals surface area contributed by atoms with Crippen LogP contribution in [0.4, 0.5) is 0 Å². The molecule has 0 aliphatic carbocycles. The lowest BCUT2D eigenvalue weighted by molar-refractivity contribution is 0.615. The number of rotatable bonds is 6. The molecule has 0 aromatic heterocycles. The third kappa shape index (κ3) is 5.46. The van der Waals surface area contributed by atoms with E-state index in [1.165, 1.54) is 11.1 Å². The van der Waals surface area contributed by atoms with Gasteiger partial charge in [0.2, 0.25) is 0 Å². The lowest BCUT2D eigenvalue weighted by atomic mass is 10.0. The van der Waals surface area contributed by atoms with Crippen molar-refractivity contribution in [1.29, 1.82) is 0 Å². The zero-order chi connectivity index (χ0) is 12.6. The Morgan fingerprint density at radius 3 is 2.11 bits per heavy atom. The summed E-state index contributed by atoms with van der Waals surface area (Å²) in [7, 11) is 0. The van der Waals surface area contributed by atoms with Crippen LogP contribution in [0.5, 0.6) is 0 Å². The molecule has 0 spiro atoms.